The molecule has 0 saturated heterocycles. The number of hydrogen-bond donors (Lipinski definition) is 2. The maximum Gasteiger partial charge on any atom is 0.191 e. The van der Waals surface area contributed by atoms with Crippen molar-refractivity contribution in [3.63, 3.8) is 0 Å². The molecular weight excluding hydrogens is 316 g/mol. The Morgan fingerprint density at radius 3 is 2.38 bits per heavy atom. The number of nitrogens with one attached hydrogen (secondary N) is 2. The van der Waals surface area contributed by atoms with E-state index in [0.29, 0.717) is 6.04 Å². The van der Waals surface area contributed by atoms with Gasteiger partial charge in [0.25, 0.3) is 0 Å². The molecule has 2 rings (SSSR count). The lowest BCUT2D eigenvalue weighted by molar-refractivity contribution is 0.298. The molecule has 5 heteroatoms. The van der Waals surface area contributed by atoms with Gasteiger partial charge >= 0.3 is 0 Å². The number of aliphatic imine (C=N–C) groups is 1. The first-order chi connectivity index (χ1) is 11.5. The van der Waals surface area contributed by atoms with E-state index in [1.54, 1.807) is 11.3 Å². The Hall–Kier alpha value is -1.85. The van der Waals surface area contributed by atoms with Gasteiger partial charge in [-0.25, -0.2) is 0 Å². The van der Waals surface area contributed by atoms with Gasteiger partial charge in [-0.1, -0.05) is 29.8 Å². The lowest BCUT2D eigenvalue weighted by atomic mass is 10.0. The molecule has 1 aromatic carbocycles. The topological polar surface area (TPSA) is 39.7 Å². The van der Waals surface area contributed by atoms with E-state index in [4.69, 9.17) is 0 Å². The molecule has 2 N–H and O–H groups in total. The predicted molar refractivity (Wildman–Crippen MR) is 105 cm³/mol. The van der Waals surface area contributed by atoms with E-state index in [9.17, 15) is 0 Å². The number of benzene rings is 1. The van der Waals surface area contributed by atoms with E-state index in [-0.39, 0.29) is 0 Å². The van der Waals surface area contributed by atoms with Crippen LogP contribution >= 0.6 is 11.3 Å². The summed E-state index contributed by atoms with van der Waals surface area (Å²) < 4.78 is 0. The van der Waals surface area contributed by atoms with Crippen LogP contribution in [0.5, 0.6) is 0 Å². The highest BCUT2D eigenvalue weighted by Gasteiger charge is 2.14. The van der Waals surface area contributed by atoms with Gasteiger partial charge in [-0.3, -0.25) is 4.99 Å². The minimum absolute atomic E-state index is 0.299. The Bertz CT molecular complexity index is 658. The minimum Gasteiger partial charge on any atom is -0.354 e. The van der Waals surface area contributed by atoms with Gasteiger partial charge in [-0.2, -0.15) is 0 Å². The van der Waals surface area contributed by atoms with Crippen molar-refractivity contribution in [3.8, 4) is 0 Å². The maximum absolute atomic E-state index is 4.34. The van der Waals surface area contributed by atoms with E-state index < -0.39 is 0 Å². The van der Waals surface area contributed by atoms with Gasteiger partial charge in [0, 0.05) is 18.5 Å². The first kappa shape index (κ1) is 18.5. The zero-order valence-corrected chi connectivity index (χ0v) is 16.1. The molecule has 130 valence electrons. The molecule has 1 atom stereocenters. The molecular formula is C19H28N4S. The number of aryl methyl sites for hydroxylation is 2. The van der Waals surface area contributed by atoms with Gasteiger partial charge < -0.3 is 15.5 Å². The lowest BCUT2D eigenvalue weighted by Gasteiger charge is -2.26. The monoisotopic (exact) mass is 344 g/mol. The van der Waals surface area contributed by atoms with Crippen LogP contribution in [0.1, 0.15) is 27.6 Å². The van der Waals surface area contributed by atoms with E-state index in [0.717, 1.165) is 19.0 Å². The van der Waals surface area contributed by atoms with Crippen molar-refractivity contribution < 1.29 is 0 Å². The molecule has 4 nitrogen and oxygen atoms in total. The molecule has 1 heterocycles. The molecule has 0 aliphatic heterocycles. The third-order valence-electron chi connectivity index (χ3n) is 4.16. The number of rotatable bonds is 6. The molecule has 0 aliphatic carbocycles. The molecule has 24 heavy (non-hydrogen) atoms. The number of guanidine groups is 1. The van der Waals surface area contributed by atoms with Gasteiger partial charge in [-0.05, 0) is 50.5 Å². The Kier molecular flexibility index (Phi) is 6.82. The molecule has 0 aliphatic rings. The summed E-state index contributed by atoms with van der Waals surface area (Å²) in [4.78, 5) is 7.92. The average molecular weight is 345 g/mol. The summed E-state index contributed by atoms with van der Waals surface area (Å²) >= 11 is 1.78. The van der Waals surface area contributed by atoms with Crippen LogP contribution in [0.4, 0.5) is 0 Å². The second-order valence-corrected chi connectivity index (χ2v) is 7.22. The largest absolute Gasteiger partial charge is 0.354 e. The van der Waals surface area contributed by atoms with Crippen LogP contribution in [0.3, 0.4) is 0 Å². The Balaban J connectivity index is 1.94. The van der Waals surface area contributed by atoms with Crippen molar-refractivity contribution >= 4 is 17.3 Å². The number of thiophene rings is 1. The van der Waals surface area contributed by atoms with Crippen molar-refractivity contribution in [2.45, 2.75) is 26.4 Å². The summed E-state index contributed by atoms with van der Waals surface area (Å²) in [6, 6.07) is 11.2. The van der Waals surface area contributed by atoms with Crippen molar-refractivity contribution in [2.24, 2.45) is 4.99 Å². The highest BCUT2D eigenvalue weighted by Crippen LogP contribution is 2.18. The van der Waals surface area contributed by atoms with Gasteiger partial charge in [0.2, 0.25) is 0 Å². The molecule has 0 bridgehead atoms. The summed E-state index contributed by atoms with van der Waals surface area (Å²) in [5.41, 5.74) is 3.92. The second-order valence-electron chi connectivity index (χ2n) is 6.22. The molecule has 0 fully saturated rings. The fourth-order valence-corrected chi connectivity index (χ4v) is 3.40. The summed E-state index contributed by atoms with van der Waals surface area (Å²) in [7, 11) is 6.03. The van der Waals surface area contributed by atoms with Crippen LogP contribution in [0.25, 0.3) is 0 Å². The van der Waals surface area contributed by atoms with Crippen LogP contribution in [-0.2, 0) is 6.54 Å². The van der Waals surface area contributed by atoms with Crippen LogP contribution in [-0.4, -0.2) is 38.5 Å². The minimum atomic E-state index is 0.299. The van der Waals surface area contributed by atoms with Crippen LogP contribution < -0.4 is 10.6 Å². The Morgan fingerprint density at radius 2 is 1.83 bits per heavy atom. The first-order valence-corrected chi connectivity index (χ1v) is 9.09. The summed E-state index contributed by atoms with van der Waals surface area (Å²) in [5.74, 6) is 0.835. The fourth-order valence-electron chi connectivity index (χ4n) is 2.55. The van der Waals surface area contributed by atoms with Gasteiger partial charge in [0.15, 0.2) is 5.96 Å². The van der Waals surface area contributed by atoms with E-state index in [1.165, 1.54) is 21.6 Å². The number of nitrogens with zero attached hydrogens (tertiary/aromatic N) is 2. The zero-order valence-electron chi connectivity index (χ0n) is 15.3. The summed E-state index contributed by atoms with van der Waals surface area (Å²) in [6.07, 6.45) is 0. The van der Waals surface area contributed by atoms with Crippen LogP contribution in [0.2, 0.25) is 0 Å². The standard InChI is InChI=1S/C19H28N4S/c1-14-6-8-16(9-7-14)17(23(4)5)12-21-19(20-3)22-13-18-15(2)10-11-24-18/h6-11,17H,12-13H2,1-5H3,(H2,20,21,22). The molecule has 0 spiro atoms. The molecule has 0 amide bonds. The van der Waals surface area contributed by atoms with Crippen LogP contribution in [0, 0.1) is 13.8 Å². The first-order valence-electron chi connectivity index (χ1n) is 8.21. The highest BCUT2D eigenvalue weighted by atomic mass is 32.1. The predicted octanol–water partition coefficient (Wildman–Crippen LogP) is 3.33. The quantitative estimate of drug-likeness (QED) is 0.624. The van der Waals surface area contributed by atoms with Crippen LogP contribution in [0.15, 0.2) is 40.7 Å². The Labute approximate surface area is 149 Å². The smallest absolute Gasteiger partial charge is 0.191 e. The molecule has 1 aromatic heterocycles. The average Bonchev–Trinajstić information content (AvgIpc) is 2.97. The molecule has 0 radical (unpaired) electrons. The van der Waals surface area contributed by atoms with Crippen molar-refractivity contribution in [1.82, 2.24) is 15.5 Å². The Morgan fingerprint density at radius 1 is 1.12 bits per heavy atom. The lowest BCUT2D eigenvalue weighted by Crippen LogP contribution is -2.41. The van der Waals surface area contributed by atoms with Crippen molar-refractivity contribution in [1.29, 1.82) is 0 Å². The highest BCUT2D eigenvalue weighted by molar-refractivity contribution is 7.10. The van der Waals surface area contributed by atoms with Crippen molar-refractivity contribution in [2.75, 3.05) is 27.7 Å². The normalized spacial score (nSPS) is 13.2. The second kappa shape index (κ2) is 8.85. The third kappa shape index (κ3) is 5.08. The molecule has 0 saturated carbocycles. The summed E-state index contributed by atoms with van der Waals surface area (Å²) in [5, 5.41) is 8.97. The van der Waals surface area contributed by atoms with E-state index in [1.807, 2.05) is 7.05 Å². The number of likely N-dealkylation sites (N-methyl/N-ethyl adjacent to an activating group) is 1. The van der Waals surface area contributed by atoms with E-state index >= 15 is 0 Å². The maximum atomic E-state index is 4.34. The SMILES string of the molecule is CN=C(NCc1sccc1C)NCC(c1ccc(C)cc1)N(C)C. The van der Waals surface area contributed by atoms with E-state index in [2.05, 4.69) is 84.2 Å². The summed E-state index contributed by atoms with van der Waals surface area (Å²) in [6.45, 7) is 5.87. The van der Waals surface area contributed by atoms with Gasteiger partial charge in [0.1, 0.15) is 0 Å². The zero-order chi connectivity index (χ0) is 17.5. The van der Waals surface area contributed by atoms with Gasteiger partial charge in [0.05, 0.1) is 12.6 Å². The van der Waals surface area contributed by atoms with Gasteiger partial charge in [-0.15, -0.1) is 11.3 Å². The molecule has 1 unspecified atom stereocenters. The van der Waals surface area contributed by atoms with Crippen molar-refractivity contribution in [3.05, 3.63) is 57.3 Å². The fraction of sp³-hybridized carbons (Fsp3) is 0.421. The third-order valence-corrected chi connectivity index (χ3v) is 5.18. The molecule has 2 aromatic rings. The number of hydrogen-bond acceptors (Lipinski definition) is 3.